The van der Waals surface area contributed by atoms with E-state index >= 15 is 0 Å². The maximum absolute atomic E-state index is 11.2. The number of hydrogen-bond acceptors (Lipinski definition) is 4. The van der Waals surface area contributed by atoms with Gasteiger partial charge < -0.3 is 4.90 Å². The number of amidine groups is 1. The first-order valence-corrected chi connectivity index (χ1v) is 7.60. The van der Waals surface area contributed by atoms with Crippen molar-refractivity contribution in [3.05, 3.63) is 64.5 Å². The summed E-state index contributed by atoms with van der Waals surface area (Å²) in [5.41, 5.74) is 1.38. The molecule has 23 heavy (non-hydrogen) atoms. The highest BCUT2D eigenvalue weighted by Crippen LogP contribution is 2.26. The van der Waals surface area contributed by atoms with Gasteiger partial charge in [-0.05, 0) is 25.5 Å². The lowest BCUT2D eigenvalue weighted by Crippen LogP contribution is -2.32. The van der Waals surface area contributed by atoms with Gasteiger partial charge in [-0.1, -0.05) is 30.3 Å². The molecule has 0 amide bonds. The number of nitrogens with zero attached hydrogens (tertiary/aromatic N) is 4. The fraction of sp³-hybridized carbons (Fsp3) is 0.294. The van der Waals surface area contributed by atoms with Crippen LogP contribution in [0, 0.1) is 10.1 Å². The zero-order valence-corrected chi connectivity index (χ0v) is 13.3. The zero-order valence-electron chi connectivity index (χ0n) is 13.3. The number of pyridine rings is 1. The summed E-state index contributed by atoms with van der Waals surface area (Å²) in [6, 6.07) is 11.5. The summed E-state index contributed by atoms with van der Waals surface area (Å²) >= 11 is 0. The second-order valence-electron chi connectivity index (χ2n) is 4.98. The van der Waals surface area contributed by atoms with Gasteiger partial charge in [-0.2, -0.15) is 0 Å². The van der Waals surface area contributed by atoms with E-state index in [4.69, 9.17) is 0 Å². The predicted octanol–water partition coefficient (Wildman–Crippen LogP) is 3.60. The summed E-state index contributed by atoms with van der Waals surface area (Å²) in [5, 5.41) is 11.2. The SMILES string of the molecule is CCN(CC)C(Cc1ccccc1)=Nc1ccncc1[N+](=O)[O-]. The Morgan fingerprint density at radius 3 is 2.52 bits per heavy atom. The Morgan fingerprint density at radius 1 is 1.22 bits per heavy atom. The van der Waals surface area contributed by atoms with Crippen molar-refractivity contribution in [3.8, 4) is 0 Å². The van der Waals surface area contributed by atoms with Gasteiger partial charge in [-0.15, -0.1) is 0 Å². The van der Waals surface area contributed by atoms with Gasteiger partial charge in [0.15, 0.2) is 0 Å². The van der Waals surface area contributed by atoms with E-state index in [1.807, 2.05) is 44.2 Å². The Kier molecular flexibility index (Phi) is 5.80. The first-order chi connectivity index (χ1) is 11.2. The average molecular weight is 312 g/mol. The molecule has 0 atom stereocenters. The van der Waals surface area contributed by atoms with E-state index in [2.05, 4.69) is 14.9 Å². The molecule has 0 spiro atoms. The van der Waals surface area contributed by atoms with E-state index in [0.29, 0.717) is 12.1 Å². The number of likely N-dealkylation sites (N-methyl/N-ethyl adjacent to an activating group) is 1. The topological polar surface area (TPSA) is 71.6 Å². The largest absolute Gasteiger partial charge is 0.360 e. The third kappa shape index (κ3) is 4.35. The van der Waals surface area contributed by atoms with E-state index in [9.17, 15) is 10.1 Å². The zero-order chi connectivity index (χ0) is 16.7. The molecule has 120 valence electrons. The molecule has 0 saturated heterocycles. The first-order valence-electron chi connectivity index (χ1n) is 7.60. The summed E-state index contributed by atoms with van der Waals surface area (Å²) in [6.07, 6.45) is 3.39. The van der Waals surface area contributed by atoms with Gasteiger partial charge in [-0.25, -0.2) is 4.99 Å². The van der Waals surface area contributed by atoms with Gasteiger partial charge >= 0.3 is 5.69 Å². The predicted molar refractivity (Wildman–Crippen MR) is 91.1 cm³/mol. The van der Waals surface area contributed by atoms with Gasteiger partial charge in [0, 0.05) is 25.7 Å². The van der Waals surface area contributed by atoms with Crippen LogP contribution in [0.5, 0.6) is 0 Å². The molecule has 1 aromatic heterocycles. The highest BCUT2D eigenvalue weighted by atomic mass is 16.6. The van der Waals surface area contributed by atoms with E-state index in [1.165, 1.54) is 12.4 Å². The molecule has 2 rings (SSSR count). The van der Waals surface area contributed by atoms with Gasteiger partial charge in [0.05, 0.1) is 4.92 Å². The minimum Gasteiger partial charge on any atom is -0.360 e. The lowest BCUT2D eigenvalue weighted by Gasteiger charge is -2.23. The number of rotatable bonds is 6. The van der Waals surface area contributed by atoms with Crippen molar-refractivity contribution in [2.75, 3.05) is 13.1 Å². The molecule has 0 saturated carbocycles. The second kappa shape index (κ2) is 8.03. The molecule has 6 nitrogen and oxygen atoms in total. The molecule has 0 radical (unpaired) electrons. The lowest BCUT2D eigenvalue weighted by molar-refractivity contribution is -0.384. The van der Waals surface area contributed by atoms with Crippen molar-refractivity contribution in [2.45, 2.75) is 20.3 Å². The molecule has 0 aliphatic heterocycles. The van der Waals surface area contributed by atoms with Crippen LogP contribution in [0.3, 0.4) is 0 Å². The number of hydrogen-bond donors (Lipinski definition) is 0. The first kappa shape index (κ1) is 16.6. The van der Waals surface area contributed by atoms with Crippen LogP contribution in [0.15, 0.2) is 53.8 Å². The molecule has 0 N–H and O–H groups in total. The molecular weight excluding hydrogens is 292 g/mol. The fourth-order valence-electron chi connectivity index (χ4n) is 2.34. The third-order valence-electron chi connectivity index (χ3n) is 3.56. The fourth-order valence-corrected chi connectivity index (χ4v) is 2.34. The van der Waals surface area contributed by atoms with Crippen molar-refractivity contribution >= 4 is 17.2 Å². The van der Waals surface area contributed by atoms with Crippen LogP contribution in [-0.2, 0) is 6.42 Å². The van der Waals surface area contributed by atoms with E-state index < -0.39 is 4.92 Å². The van der Waals surface area contributed by atoms with Crippen LogP contribution >= 0.6 is 0 Å². The molecular formula is C17H20N4O2. The molecule has 0 aliphatic carbocycles. The van der Waals surface area contributed by atoms with Gasteiger partial charge in [0.2, 0.25) is 0 Å². The molecule has 6 heteroatoms. The maximum Gasteiger partial charge on any atom is 0.312 e. The Bertz CT molecular complexity index is 682. The van der Waals surface area contributed by atoms with Crippen LogP contribution in [-0.4, -0.2) is 33.7 Å². The minimum atomic E-state index is -0.450. The highest BCUT2D eigenvalue weighted by molar-refractivity contribution is 5.87. The standard InChI is InChI=1S/C17H20N4O2/c1-3-20(4-2)17(12-14-8-6-5-7-9-14)19-15-10-11-18-13-16(15)21(22)23/h5-11,13H,3-4,12H2,1-2H3. The smallest absolute Gasteiger partial charge is 0.312 e. The van der Waals surface area contributed by atoms with Crippen molar-refractivity contribution in [3.63, 3.8) is 0 Å². The highest BCUT2D eigenvalue weighted by Gasteiger charge is 2.16. The lowest BCUT2D eigenvalue weighted by atomic mass is 10.1. The van der Waals surface area contributed by atoms with E-state index in [-0.39, 0.29) is 5.69 Å². The normalized spacial score (nSPS) is 11.3. The van der Waals surface area contributed by atoms with Gasteiger partial charge in [0.1, 0.15) is 17.7 Å². The van der Waals surface area contributed by atoms with E-state index in [0.717, 1.165) is 24.5 Å². The number of benzene rings is 1. The Labute approximate surface area is 135 Å². The molecule has 2 aromatic rings. The van der Waals surface area contributed by atoms with Crippen LogP contribution < -0.4 is 0 Å². The van der Waals surface area contributed by atoms with Crippen molar-refractivity contribution < 1.29 is 4.92 Å². The maximum atomic E-state index is 11.2. The third-order valence-corrected chi connectivity index (χ3v) is 3.56. The Morgan fingerprint density at radius 2 is 1.91 bits per heavy atom. The summed E-state index contributed by atoms with van der Waals surface area (Å²) in [7, 11) is 0. The van der Waals surface area contributed by atoms with Crippen molar-refractivity contribution in [1.29, 1.82) is 0 Å². The number of aromatic nitrogens is 1. The van der Waals surface area contributed by atoms with Crippen LogP contribution in [0.2, 0.25) is 0 Å². The molecule has 1 heterocycles. The van der Waals surface area contributed by atoms with E-state index in [1.54, 1.807) is 6.07 Å². The minimum absolute atomic E-state index is 0.0785. The van der Waals surface area contributed by atoms with Crippen molar-refractivity contribution in [2.24, 2.45) is 4.99 Å². The van der Waals surface area contributed by atoms with Gasteiger partial charge in [0.25, 0.3) is 0 Å². The molecule has 0 unspecified atom stereocenters. The summed E-state index contributed by atoms with van der Waals surface area (Å²) in [4.78, 5) is 21.2. The van der Waals surface area contributed by atoms with Crippen molar-refractivity contribution in [1.82, 2.24) is 9.88 Å². The van der Waals surface area contributed by atoms with Crippen LogP contribution in [0.4, 0.5) is 11.4 Å². The molecule has 0 fully saturated rings. The second-order valence-corrected chi connectivity index (χ2v) is 4.98. The molecule has 0 aliphatic rings. The summed E-state index contributed by atoms with van der Waals surface area (Å²) in [5.74, 6) is 0.815. The van der Waals surface area contributed by atoms with Crippen LogP contribution in [0.25, 0.3) is 0 Å². The monoisotopic (exact) mass is 312 g/mol. The average Bonchev–Trinajstić information content (AvgIpc) is 2.57. The molecule has 1 aromatic carbocycles. The number of nitro groups is 1. The summed E-state index contributed by atoms with van der Waals surface area (Å²) in [6.45, 7) is 5.68. The van der Waals surface area contributed by atoms with Crippen LogP contribution in [0.1, 0.15) is 19.4 Å². The summed E-state index contributed by atoms with van der Waals surface area (Å²) < 4.78 is 0. The van der Waals surface area contributed by atoms with Gasteiger partial charge in [-0.3, -0.25) is 15.1 Å². The Balaban J connectivity index is 2.43. The quantitative estimate of drug-likeness (QED) is 0.353. The molecule has 0 bridgehead atoms. The Hall–Kier alpha value is -2.76. The number of aliphatic imine (C=N–C) groups is 1.